The lowest BCUT2D eigenvalue weighted by atomic mass is 10.2. The highest BCUT2D eigenvalue weighted by molar-refractivity contribution is 6.42. The monoisotopic (exact) mass is 429 g/mol. The van der Waals surface area contributed by atoms with Crippen molar-refractivity contribution in [2.24, 2.45) is 5.73 Å². The highest BCUT2D eigenvalue weighted by atomic mass is 35.5. The molecule has 0 heterocycles. The summed E-state index contributed by atoms with van der Waals surface area (Å²) in [7, 11) is 0. The number of nitrogens with one attached hydrogen (secondary N) is 1. The van der Waals surface area contributed by atoms with Gasteiger partial charge in [0.25, 0.3) is 5.91 Å². The summed E-state index contributed by atoms with van der Waals surface area (Å²) in [5.74, 6) is -0.550. The van der Waals surface area contributed by atoms with Crippen LogP contribution in [0.4, 0.5) is 0 Å². The van der Waals surface area contributed by atoms with Crippen molar-refractivity contribution in [3.8, 4) is 0 Å². The third-order valence-electron chi connectivity index (χ3n) is 3.78. The second kappa shape index (κ2) is 11.8. The maximum absolute atomic E-state index is 12.5. The number of halogens is 3. The Balaban J connectivity index is 0.00000364. The smallest absolute Gasteiger partial charge is 0.251 e. The molecule has 0 spiro atoms. The number of nitrogens with two attached hydrogens (primary N) is 1. The van der Waals surface area contributed by atoms with Crippen LogP contribution in [0.1, 0.15) is 22.3 Å². The van der Waals surface area contributed by atoms with Crippen molar-refractivity contribution in [2.75, 3.05) is 19.6 Å². The Hall–Kier alpha value is -1.79. The van der Waals surface area contributed by atoms with Gasteiger partial charge in [-0.1, -0.05) is 53.5 Å². The van der Waals surface area contributed by atoms with Crippen molar-refractivity contribution in [1.29, 1.82) is 0 Å². The molecule has 3 N–H and O–H groups in total. The van der Waals surface area contributed by atoms with Crippen molar-refractivity contribution in [3.05, 3.63) is 69.7 Å². The van der Waals surface area contributed by atoms with Gasteiger partial charge in [0, 0.05) is 18.7 Å². The molecule has 0 fully saturated rings. The number of hydrogen-bond acceptors (Lipinski definition) is 3. The number of nitrogens with zero attached hydrogens (tertiary/aromatic N) is 1. The fraction of sp³-hybridized carbons (Fsp3) is 0.263. The first kappa shape index (κ1) is 23.2. The zero-order valence-electron chi connectivity index (χ0n) is 14.7. The predicted octanol–water partition coefficient (Wildman–Crippen LogP) is 3.52. The molecular formula is C19H22Cl3N3O2. The molecule has 146 valence electrons. The van der Waals surface area contributed by atoms with Gasteiger partial charge in [0.2, 0.25) is 5.91 Å². The van der Waals surface area contributed by atoms with E-state index in [2.05, 4.69) is 5.32 Å². The van der Waals surface area contributed by atoms with Gasteiger partial charge in [0.05, 0.1) is 16.6 Å². The van der Waals surface area contributed by atoms with Crippen molar-refractivity contribution in [1.82, 2.24) is 10.2 Å². The fourth-order valence-corrected chi connectivity index (χ4v) is 2.68. The zero-order valence-corrected chi connectivity index (χ0v) is 17.0. The lowest BCUT2D eigenvalue weighted by Crippen LogP contribution is -2.40. The molecule has 5 nitrogen and oxygen atoms in total. The van der Waals surface area contributed by atoms with Crippen molar-refractivity contribution >= 4 is 47.4 Å². The largest absolute Gasteiger partial charge is 0.343 e. The summed E-state index contributed by atoms with van der Waals surface area (Å²) in [5, 5.41) is 3.29. The second-order valence-corrected chi connectivity index (χ2v) is 6.57. The predicted molar refractivity (Wildman–Crippen MR) is 112 cm³/mol. The summed E-state index contributed by atoms with van der Waals surface area (Å²) in [6.07, 6.45) is 0.694. The summed E-state index contributed by atoms with van der Waals surface area (Å²) in [4.78, 5) is 26.4. The Bertz CT molecular complexity index is 757. The number of carbonyl (C=O) groups is 2. The number of benzene rings is 2. The topological polar surface area (TPSA) is 75.4 Å². The van der Waals surface area contributed by atoms with Crippen LogP contribution in [-0.2, 0) is 11.3 Å². The van der Waals surface area contributed by atoms with Crippen molar-refractivity contribution in [2.45, 2.75) is 13.0 Å². The molecule has 0 saturated carbocycles. The molecule has 0 atom stereocenters. The van der Waals surface area contributed by atoms with E-state index in [4.69, 9.17) is 28.9 Å². The van der Waals surface area contributed by atoms with E-state index in [9.17, 15) is 9.59 Å². The molecule has 0 aliphatic carbocycles. The molecule has 2 amide bonds. The molecule has 8 heteroatoms. The first-order valence-electron chi connectivity index (χ1n) is 8.26. The van der Waals surface area contributed by atoms with Gasteiger partial charge < -0.3 is 16.0 Å². The average molecular weight is 431 g/mol. The zero-order chi connectivity index (χ0) is 18.9. The van der Waals surface area contributed by atoms with Crippen LogP contribution in [0.2, 0.25) is 10.0 Å². The van der Waals surface area contributed by atoms with Crippen LogP contribution in [-0.4, -0.2) is 36.3 Å². The van der Waals surface area contributed by atoms with E-state index in [1.165, 1.54) is 6.07 Å². The summed E-state index contributed by atoms with van der Waals surface area (Å²) < 4.78 is 0. The highest BCUT2D eigenvalue weighted by Crippen LogP contribution is 2.22. The van der Waals surface area contributed by atoms with Gasteiger partial charge in [-0.3, -0.25) is 9.59 Å². The Kier molecular flexibility index (Phi) is 10.2. The first-order valence-corrected chi connectivity index (χ1v) is 9.02. The van der Waals surface area contributed by atoms with Crippen LogP contribution < -0.4 is 11.1 Å². The Morgan fingerprint density at radius 1 is 1.04 bits per heavy atom. The van der Waals surface area contributed by atoms with Gasteiger partial charge in [-0.2, -0.15) is 0 Å². The van der Waals surface area contributed by atoms with Crippen molar-refractivity contribution in [3.63, 3.8) is 0 Å². The first-order chi connectivity index (χ1) is 12.5. The quantitative estimate of drug-likeness (QED) is 0.673. The normalized spacial score (nSPS) is 10.0. The lowest BCUT2D eigenvalue weighted by Gasteiger charge is -2.23. The maximum Gasteiger partial charge on any atom is 0.251 e. The minimum Gasteiger partial charge on any atom is -0.343 e. The Morgan fingerprint density at radius 2 is 1.74 bits per heavy atom. The fourth-order valence-electron chi connectivity index (χ4n) is 2.39. The molecule has 2 aromatic carbocycles. The molecule has 0 aliphatic rings. The van der Waals surface area contributed by atoms with E-state index in [0.29, 0.717) is 41.7 Å². The van der Waals surface area contributed by atoms with Crippen molar-refractivity contribution < 1.29 is 9.59 Å². The number of hydrogen-bond donors (Lipinski definition) is 2. The lowest BCUT2D eigenvalue weighted by molar-refractivity contribution is -0.130. The highest BCUT2D eigenvalue weighted by Gasteiger charge is 2.16. The van der Waals surface area contributed by atoms with Crippen LogP contribution >= 0.6 is 35.6 Å². The summed E-state index contributed by atoms with van der Waals surface area (Å²) >= 11 is 11.8. The summed E-state index contributed by atoms with van der Waals surface area (Å²) in [6, 6.07) is 14.3. The van der Waals surface area contributed by atoms with E-state index >= 15 is 0 Å². The molecule has 0 radical (unpaired) electrons. The van der Waals surface area contributed by atoms with Gasteiger partial charge in [0.1, 0.15) is 0 Å². The van der Waals surface area contributed by atoms with Crippen LogP contribution in [0.3, 0.4) is 0 Å². The molecule has 27 heavy (non-hydrogen) atoms. The van der Waals surface area contributed by atoms with E-state index in [1.54, 1.807) is 17.0 Å². The van der Waals surface area contributed by atoms with Crippen LogP contribution in [0, 0.1) is 0 Å². The van der Waals surface area contributed by atoms with E-state index in [1.807, 2.05) is 30.3 Å². The van der Waals surface area contributed by atoms with E-state index in [-0.39, 0.29) is 30.8 Å². The molecule has 0 saturated heterocycles. The standard InChI is InChI=1S/C19H21Cl2N3O2.ClH/c20-16-8-7-15(11-17(16)21)19(26)23-12-18(25)24(10-4-9-22)13-14-5-2-1-3-6-14;/h1-3,5-8,11H,4,9-10,12-13,22H2,(H,23,26);1H. The van der Waals surface area contributed by atoms with Crippen LogP contribution in [0.15, 0.2) is 48.5 Å². The number of amides is 2. The number of rotatable bonds is 8. The third-order valence-corrected chi connectivity index (χ3v) is 4.52. The van der Waals surface area contributed by atoms with Crippen LogP contribution in [0.25, 0.3) is 0 Å². The summed E-state index contributed by atoms with van der Waals surface area (Å²) in [5.41, 5.74) is 6.94. The molecule has 0 unspecified atom stereocenters. The molecule has 0 aromatic heterocycles. The van der Waals surface area contributed by atoms with Gasteiger partial charge in [-0.15, -0.1) is 12.4 Å². The molecular weight excluding hydrogens is 409 g/mol. The average Bonchev–Trinajstić information content (AvgIpc) is 2.65. The van der Waals surface area contributed by atoms with E-state index in [0.717, 1.165) is 5.56 Å². The molecule has 2 rings (SSSR count). The van der Waals surface area contributed by atoms with E-state index < -0.39 is 0 Å². The van der Waals surface area contributed by atoms with Gasteiger partial charge in [0.15, 0.2) is 0 Å². The summed E-state index contributed by atoms with van der Waals surface area (Å²) in [6.45, 7) is 1.40. The second-order valence-electron chi connectivity index (χ2n) is 5.75. The Labute approximate surface area is 175 Å². The SMILES string of the molecule is Cl.NCCCN(Cc1ccccc1)C(=O)CNC(=O)c1ccc(Cl)c(Cl)c1. The third kappa shape index (κ3) is 7.39. The molecule has 2 aromatic rings. The van der Waals surface area contributed by atoms with Gasteiger partial charge >= 0.3 is 0 Å². The van der Waals surface area contributed by atoms with Crippen LogP contribution in [0.5, 0.6) is 0 Å². The maximum atomic E-state index is 12.5. The molecule has 0 bridgehead atoms. The number of carbonyl (C=O) groups excluding carboxylic acids is 2. The minimum absolute atomic E-state index is 0. The van der Waals surface area contributed by atoms with Gasteiger partial charge in [-0.05, 0) is 36.7 Å². The van der Waals surface area contributed by atoms with Gasteiger partial charge in [-0.25, -0.2) is 0 Å². The minimum atomic E-state index is -0.379. The Morgan fingerprint density at radius 3 is 2.37 bits per heavy atom. The molecule has 0 aliphatic heterocycles.